The smallest absolute Gasteiger partial charge is 0.121 e. The molecule has 17 heavy (non-hydrogen) atoms. The van der Waals surface area contributed by atoms with Crippen LogP contribution in [0.1, 0.15) is 11.4 Å². The van der Waals surface area contributed by atoms with E-state index in [2.05, 4.69) is 21.0 Å². The number of hydrogen-bond donors (Lipinski definition) is 2. The first kappa shape index (κ1) is 9.75. The summed E-state index contributed by atoms with van der Waals surface area (Å²) in [7, 11) is 0. The van der Waals surface area contributed by atoms with Crippen LogP contribution in [0.4, 0.5) is 0 Å². The summed E-state index contributed by atoms with van der Waals surface area (Å²) in [5.41, 5.74) is 8.63. The van der Waals surface area contributed by atoms with E-state index in [-0.39, 0.29) is 0 Å². The van der Waals surface area contributed by atoms with Crippen LogP contribution in [0.5, 0.6) is 0 Å². The van der Waals surface area contributed by atoms with Crippen molar-refractivity contribution in [2.24, 2.45) is 5.73 Å². The molecule has 5 heteroatoms. The predicted octanol–water partition coefficient (Wildman–Crippen LogP) is 1.44. The lowest BCUT2D eigenvalue weighted by molar-refractivity contribution is 0.959. The average molecular weight is 223 g/mol. The Bertz CT molecular complexity index is 751. The van der Waals surface area contributed by atoms with Crippen molar-refractivity contribution in [1.29, 1.82) is 5.26 Å². The quantitative estimate of drug-likeness (QED) is 0.653. The van der Waals surface area contributed by atoms with E-state index in [1.807, 2.05) is 6.07 Å². The molecule has 0 aliphatic rings. The molecule has 0 aliphatic heterocycles. The Hall–Kier alpha value is -2.45. The van der Waals surface area contributed by atoms with Crippen LogP contribution >= 0.6 is 0 Å². The molecule has 0 bridgehead atoms. The maximum Gasteiger partial charge on any atom is 0.121 e. The number of nitrogens with one attached hydrogen (secondary N) is 1. The monoisotopic (exact) mass is 223 g/mol. The normalized spacial score (nSPS) is 10.8. The van der Waals surface area contributed by atoms with Gasteiger partial charge in [-0.1, -0.05) is 0 Å². The third-order valence-corrected chi connectivity index (χ3v) is 2.69. The van der Waals surface area contributed by atoms with Crippen LogP contribution in [-0.2, 0) is 6.54 Å². The number of H-pyrrole nitrogens is 1. The second kappa shape index (κ2) is 3.54. The van der Waals surface area contributed by atoms with Crippen LogP contribution in [0.25, 0.3) is 21.9 Å². The van der Waals surface area contributed by atoms with Crippen molar-refractivity contribution in [1.82, 2.24) is 15.0 Å². The minimum absolute atomic E-state index is 0.355. The number of fused-ring (bicyclic) bond motifs is 3. The maximum absolute atomic E-state index is 8.90. The zero-order chi connectivity index (χ0) is 11.8. The molecule has 2 aromatic heterocycles. The summed E-state index contributed by atoms with van der Waals surface area (Å²) in [5, 5.41) is 9.77. The molecule has 5 nitrogen and oxygen atoms in total. The van der Waals surface area contributed by atoms with Gasteiger partial charge in [-0.2, -0.15) is 5.26 Å². The highest BCUT2D eigenvalue weighted by Crippen LogP contribution is 2.22. The Balaban J connectivity index is 2.44. The van der Waals surface area contributed by atoms with Crippen LogP contribution in [0.2, 0.25) is 0 Å². The number of nitrogens with zero attached hydrogens (tertiary/aromatic N) is 3. The summed E-state index contributed by atoms with van der Waals surface area (Å²) < 4.78 is 0. The highest BCUT2D eigenvalue weighted by atomic mass is 14.9. The third-order valence-electron chi connectivity index (χ3n) is 2.69. The second-order valence-electron chi connectivity index (χ2n) is 3.75. The van der Waals surface area contributed by atoms with Crippen molar-refractivity contribution in [2.45, 2.75) is 6.54 Å². The number of hydrogen-bond acceptors (Lipinski definition) is 4. The molecule has 82 valence electrons. The van der Waals surface area contributed by atoms with E-state index in [0.717, 1.165) is 27.8 Å². The fourth-order valence-corrected chi connectivity index (χ4v) is 1.88. The first-order valence-corrected chi connectivity index (χ1v) is 5.19. The number of nitriles is 1. The number of aromatic amines is 1. The summed E-state index contributed by atoms with van der Waals surface area (Å²) in [6.45, 7) is 0.355. The zero-order valence-electron chi connectivity index (χ0n) is 8.94. The highest BCUT2D eigenvalue weighted by molar-refractivity contribution is 6.02. The van der Waals surface area contributed by atoms with Gasteiger partial charge in [-0.15, -0.1) is 0 Å². The number of rotatable bonds is 1. The fraction of sp³-hybridized carbons (Fsp3) is 0.0833. The number of benzene rings is 1. The molecule has 0 spiro atoms. The Kier molecular flexibility index (Phi) is 2.03. The number of nitrogens with two attached hydrogens (primary N) is 1. The Morgan fingerprint density at radius 1 is 1.41 bits per heavy atom. The largest absolute Gasteiger partial charge is 0.340 e. The predicted molar refractivity (Wildman–Crippen MR) is 64.0 cm³/mol. The molecule has 0 atom stereocenters. The summed E-state index contributed by atoms with van der Waals surface area (Å²) in [6, 6.07) is 7.48. The summed E-state index contributed by atoms with van der Waals surface area (Å²) in [5.74, 6) is 0.719. The van der Waals surface area contributed by atoms with E-state index in [4.69, 9.17) is 11.0 Å². The molecule has 0 fully saturated rings. The molecular weight excluding hydrogens is 214 g/mol. The van der Waals surface area contributed by atoms with Crippen molar-refractivity contribution in [3.05, 3.63) is 35.8 Å². The van der Waals surface area contributed by atoms with Gasteiger partial charge in [0.15, 0.2) is 0 Å². The van der Waals surface area contributed by atoms with Crippen molar-refractivity contribution in [2.75, 3.05) is 0 Å². The summed E-state index contributed by atoms with van der Waals surface area (Å²) >= 11 is 0. The SMILES string of the molecule is N#Cc1ccc2ncc3[nH]c(CN)nc3c2c1. The van der Waals surface area contributed by atoms with Crippen LogP contribution in [0.15, 0.2) is 24.4 Å². The number of imidazole rings is 1. The highest BCUT2D eigenvalue weighted by Gasteiger charge is 2.07. The lowest BCUT2D eigenvalue weighted by Gasteiger charge is -1.97. The fourth-order valence-electron chi connectivity index (χ4n) is 1.88. The first-order chi connectivity index (χ1) is 8.31. The van der Waals surface area contributed by atoms with E-state index in [0.29, 0.717) is 12.1 Å². The lowest BCUT2D eigenvalue weighted by Crippen LogP contribution is -1.97. The van der Waals surface area contributed by atoms with E-state index in [9.17, 15) is 0 Å². The Morgan fingerprint density at radius 2 is 2.29 bits per heavy atom. The van der Waals surface area contributed by atoms with Crippen molar-refractivity contribution >= 4 is 21.9 Å². The zero-order valence-corrected chi connectivity index (χ0v) is 8.94. The van der Waals surface area contributed by atoms with E-state index >= 15 is 0 Å². The van der Waals surface area contributed by atoms with Crippen LogP contribution in [0.3, 0.4) is 0 Å². The van der Waals surface area contributed by atoms with Gasteiger partial charge in [-0.3, -0.25) is 4.98 Å². The van der Waals surface area contributed by atoms with Gasteiger partial charge in [0, 0.05) is 5.39 Å². The molecule has 1 aromatic carbocycles. The van der Waals surface area contributed by atoms with E-state index in [1.54, 1.807) is 18.3 Å². The second-order valence-corrected chi connectivity index (χ2v) is 3.75. The lowest BCUT2D eigenvalue weighted by atomic mass is 10.1. The van der Waals surface area contributed by atoms with Gasteiger partial charge in [-0.05, 0) is 18.2 Å². The van der Waals surface area contributed by atoms with Gasteiger partial charge in [0.25, 0.3) is 0 Å². The third kappa shape index (κ3) is 1.43. The van der Waals surface area contributed by atoms with Gasteiger partial charge in [0.1, 0.15) is 5.82 Å². The Morgan fingerprint density at radius 3 is 3.06 bits per heavy atom. The van der Waals surface area contributed by atoms with E-state index in [1.165, 1.54) is 0 Å². The van der Waals surface area contributed by atoms with Crippen LogP contribution < -0.4 is 5.73 Å². The average Bonchev–Trinajstić information content (AvgIpc) is 2.81. The first-order valence-electron chi connectivity index (χ1n) is 5.19. The van der Waals surface area contributed by atoms with Crippen LogP contribution in [-0.4, -0.2) is 15.0 Å². The van der Waals surface area contributed by atoms with Gasteiger partial charge in [-0.25, -0.2) is 4.98 Å². The van der Waals surface area contributed by atoms with Gasteiger partial charge in [0.05, 0.1) is 40.9 Å². The molecule has 3 rings (SSSR count). The van der Waals surface area contributed by atoms with Gasteiger partial charge in [0.2, 0.25) is 0 Å². The van der Waals surface area contributed by atoms with Crippen molar-refractivity contribution < 1.29 is 0 Å². The summed E-state index contributed by atoms with van der Waals surface area (Å²) in [6.07, 6.45) is 1.73. The molecule has 2 heterocycles. The molecule has 0 saturated carbocycles. The molecule has 0 radical (unpaired) electrons. The van der Waals surface area contributed by atoms with Crippen LogP contribution in [0, 0.1) is 11.3 Å². The van der Waals surface area contributed by atoms with Crippen molar-refractivity contribution in [3.63, 3.8) is 0 Å². The molecule has 0 unspecified atom stereocenters. The molecule has 3 aromatic rings. The molecular formula is C12H9N5. The minimum atomic E-state index is 0.355. The standard InChI is InChI=1S/C12H9N5/c13-4-7-1-2-9-8(3-7)12-10(6-15-9)16-11(5-14)17-12/h1-3,6H,5,14H2,(H,16,17). The van der Waals surface area contributed by atoms with Gasteiger partial charge < -0.3 is 10.7 Å². The molecule has 0 saturated heterocycles. The minimum Gasteiger partial charge on any atom is -0.340 e. The number of pyridine rings is 1. The van der Waals surface area contributed by atoms with E-state index < -0.39 is 0 Å². The maximum atomic E-state index is 8.90. The van der Waals surface area contributed by atoms with Crippen molar-refractivity contribution in [3.8, 4) is 6.07 Å². The molecule has 0 amide bonds. The summed E-state index contributed by atoms with van der Waals surface area (Å²) in [4.78, 5) is 11.8. The number of aromatic nitrogens is 3. The molecule has 3 N–H and O–H groups in total. The van der Waals surface area contributed by atoms with Gasteiger partial charge >= 0.3 is 0 Å². The Labute approximate surface area is 96.9 Å². The molecule has 0 aliphatic carbocycles. The topological polar surface area (TPSA) is 91.4 Å².